The fourth-order valence-electron chi connectivity index (χ4n) is 10.6. The van der Waals surface area contributed by atoms with Gasteiger partial charge in [0.05, 0.1) is 59.2 Å². The zero-order valence-electron chi connectivity index (χ0n) is 46.3. The van der Waals surface area contributed by atoms with Crippen molar-refractivity contribution >= 4 is 72.4 Å². The predicted molar refractivity (Wildman–Crippen MR) is 325 cm³/mol. The van der Waals surface area contributed by atoms with Gasteiger partial charge in [0.15, 0.2) is 0 Å². The zero-order chi connectivity index (χ0) is 54.9. The van der Waals surface area contributed by atoms with Gasteiger partial charge >= 0.3 is 7.12 Å². The molecule has 0 aliphatic carbocycles. The topological polar surface area (TPSA) is 152 Å². The number of nitrogens with zero attached hydrogens (tertiary/aromatic N) is 8. The molecule has 3 aliphatic rings. The Morgan fingerprint density at radius 3 is 1.50 bits per heavy atom. The molecule has 0 saturated carbocycles. The van der Waals surface area contributed by atoms with Crippen LogP contribution in [0.3, 0.4) is 0 Å². The second kappa shape index (κ2) is 25.2. The summed E-state index contributed by atoms with van der Waals surface area (Å²) in [6.07, 6.45) is 24.9. The first-order chi connectivity index (χ1) is 39.0. The van der Waals surface area contributed by atoms with Crippen LogP contribution >= 0.6 is 15.9 Å². The normalized spacial score (nSPS) is 16.3. The van der Waals surface area contributed by atoms with Crippen LogP contribution in [0.15, 0.2) is 151 Å². The van der Waals surface area contributed by atoms with E-state index in [1.165, 1.54) is 64.7 Å². The molecule has 10 aromatic rings. The quantitative estimate of drug-likeness (QED) is 0.0787. The number of H-pyrrole nitrogens is 2. The van der Waals surface area contributed by atoms with Gasteiger partial charge in [-0.2, -0.15) is 0 Å². The molecule has 0 radical (unpaired) electrons. The largest absolute Gasteiger partial charge is 0.494 e. The van der Waals surface area contributed by atoms with Crippen molar-refractivity contribution in [2.24, 2.45) is 0 Å². The molecular formula is C64H70BBrN10O4. The number of halogens is 1. The number of rotatable bonds is 14. The fraction of sp³-hybridized carbons (Fsp3) is 0.344. The van der Waals surface area contributed by atoms with E-state index in [0.717, 1.165) is 138 Å². The number of ether oxygens (including phenoxy) is 2. The number of hydrogen-bond donors (Lipinski definition) is 2. The number of fused-ring (bicyclic) bond motifs is 6. The number of pyridine rings is 6. The third kappa shape index (κ3) is 13.2. The lowest BCUT2D eigenvalue weighted by atomic mass is 9.79. The number of likely N-dealkylation sites (tertiary alicyclic amines) is 2. The number of nitrogens with one attached hydrogen (secondary N) is 2. The Morgan fingerprint density at radius 2 is 1.00 bits per heavy atom. The minimum atomic E-state index is -0.307. The molecule has 410 valence electrons. The summed E-state index contributed by atoms with van der Waals surface area (Å²) >= 11 is 3.46. The Kier molecular flexibility index (Phi) is 17.3. The van der Waals surface area contributed by atoms with E-state index in [2.05, 4.69) is 137 Å². The number of hydrogen-bond acceptors (Lipinski definition) is 12. The summed E-state index contributed by atoms with van der Waals surface area (Å²) in [5.74, 6) is 1.83. The first kappa shape index (κ1) is 54.9. The fourth-order valence-corrected chi connectivity index (χ4v) is 10.9. The maximum atomic E-state index is 6.09. The molecule has 80 heavy (non-hydrogen) atoms. The second-order valence-corrected chi connectivity index (χ2v) is 22.9. The smallest absolute Gasteiger partial charge is 0.494 e. The number of aromatic amines is 2. The highest BCUT2D eigenvalue weighted by Crippen LogP contribution is 2.37. The Bertz CT molecular complexity index is 3610. The van der Waals surface area contributed by atoms with E-state index in [4.69, 9.17) is 23.8 Å². The summed E-state index contributed by atoms with van der Waals surface area (Å²) < 4.78 is 25.0. The molecular weight excluding hydrogens is 1060 g/mol. The van der Waals surface area contributed by atoms with Crippen molar-refractivity contribution in [3.05, 3.63) is 151 Å². The van der Waals surface area contributed by atoms with Gasteiger partial charge in [0.1, 0.15) is 22.8 Å². The standard InChI is InChI=1S/C29H29N5O.C20H32BNO3.C15H9BrN4/c1-2-12-34(13-3-1)14-5-15-35-24-9-7-21(8-10-24)23-16-26-25-17-27(22-6-4-11-30-18-22)31-20-28(25)33-29(26)32-19-23;1-19(2)20(3,4)25-21(24-19)17-9-11-18(12-10-17)23-16-8-15-22-13-6-5-7-14-22;16-10-4-12-11-5-13(9-2-1-3-17-6-9)18-8-14(11)20-15(12)19-7-10/h4,6-11,16-20H,1-3,5,12-15H2,(H,32,33);9-12H,5-8,13-16H2,1-4H3;1-8H,(H,19,20). The van der Waals surface area contributed by atoms with E-state index in [-0.39, 0.29) is 18.3 Å². The maximum absolute atomic E-state index is 6.09. The molecule has 3 fully saturated rings. The molecule has 14 nitrogen and oxygen atoms in total. The van der Waals surface area contributed by atoms with Gasteiger partial charge in [-0.3, -0.25) is 19.9 Å². The number of benzene rings is 2. The van der Waals surface area contributed by atoms with Crippen LogP contribution in [0, 0.1) is 0 Å². The van der Waals surface area contributed by atoms with E-state index >= 15 is 0 Å². The van der Waals surface area contributed by atoms with Crippen molar-refractivity contribution in [3.8, 4) is 45.1 Å². The van der Waals surface area contributed by atoms with Crippen molar-refractivity contribution < 1.29 is 18.8 Å². The summed E-state index contributed by atoms with van der Waals surface area (Å²) in [7, 11) is -0.307. The molecule has 8 aromatic heterocycles. The molecule has 2 N–H and O–H groups in total. The molecule has 11 heterocycles. The highest BCUT2D eigenvalue weighted by molar-refractivity contribution is 9.10. The summed E-state index contributed by atoms with van der Waals surface area (Å²) in [6, 6.07) is 32.8. The molecule has 0 bridgehead atoms. The van der Waals surface area contributed by atoms with Crippen LogP contribution in [-0.2, 0) is 9.31 Å². The molecule has 16 heteroatoms. The molecule has 0 spiro atoms. The monoisotopic (exact) mass is 1130 g/mol. The van der Waals surface area contributed by atoms with Gasteiger partial charge in [-0.25, -0.2) is 9.97 Å². The van der Waals surface area contributed by atoms with Crippen molar-refractivity contribution in [2.75, 3.05) is 52.5 Å². The van der Waals surface area contributed by atoms with Crippen LogP contribution in [0.5, 0.6) is 11.5 Å². The van der Waals surface area contributed by atoms with E-state index in [1.807, 2.05) is 79.5 Å². The van der Waals surface area contributed by atoms with Gasteiger partial charge in [0.2, 0.25) is 0 Å². The highest BCUT2D eigenvalue weighted by Gasteiger charge is 2.51. The summed E-state index contributed by atoms with van der Waals surface area (Å²) in [5, 5.41) is 4.39. The summed E-state index contributed by atoms with van der Waals surface area (Å²) in [4.78, 5) is 38.3. The molecule has 3 saturated heterocycles. The van der Waals surface area contributed by atoms with Gasteiger partial charge in [-0.05, 0) is 192 Å². The van der Waals surface area contributed by atoms with Gasteiger partial charge in [0.25, 0.3) is 0 Å². The minimum absolute atomic E-state index is 0.304. The van der Waals surface area contributed by atoms with Crippen molar-refractivity contribution in [1.29, 1.82) is 0 Å². The minimum Gasteiger partial charge on any atom is -0.494 e. The second-order valence-electron chi connectivity index (χ2n) is 22.0. The SMILES string of the molecule is Brc1cnc2[nH]c3cnc(-c4cccnc4)cc3c2c1.CC1(C)OB(c2ccc(OCCCN3CCCCC3)cc2)OC1(C)C.c1cncc(-c2cc3c(cn2)[nH]c2ncc(-c4ccc(OCCCN5CCCCC5)cc4)cc23)c1. The van der Waals surface area contributed by atoms with E-state index in [1.54, 1.807) is 18.6 Å². The van der Waals surface area contributed by atoms with Gasteiger partial charge in [-0.15, -0.1) is 0 Å². The molecule has 13 rings (SSSR count). The van der Waals surface area contributed by atoms with Crippen LogP contribution in [0.1, 0.15) is 79.1 Å². The average molecular weight is 1130 g/mol. The van der Waals surface area contributed by atoms with Crippen LogP contribution < -0.4 is 14.9 Å². The van der Waals surface area contributed by atoms with E-state index < -0.39 is 0 Å². The van der Waals surface area contributed by atoms with E-state index in [9.17, 15) is 0 Å². The lowest BCUT2D eigenvalue weighted by Gasteiger charge is -2.32. The molecule has 0 amide bonds. The maximum Gasteiger partial charge on any atom is 0.494 e. The Balaban J connectivity index is 0.000000132. The van der Waals surface area contributed by atoms with E-state index in [0.29, 0.717) is 0 Å². The molecule has 2 aromatic carbocycles. The predicted octanol–water partition coefficient (Wildman–Crippen LogP) is 13.3. The Morgan fingerprint density at radius 1 is 0.512 bits per heavy atom. The van der Waals surface area contributed by atoms with Gasteiger partial charge in [-0.1, -0.05) is 37.1 Å². The Hall–Kier alpha value is -7.08. The lowest BCUT2D eigenvalue weighted by molar-refractivity contribution is 0.00578. The molecule has 3 aliphatic heterocycles. The van der Waals surface area contributed by atoms with Crippen LogP contribution in [0.4, 0.5) is 0 Å². The zero-order valence-corrected chi connectivity index (χ0v) is 47.9. The average Bonchev–Trinajstić information content (AvgIpc) is 4.35. The summed E-state index contributed by atoms with van der Waals surface area (Å²) in [5.41, 5.74) is 10.1. The molecule has 0 unspecified atom stereocenters. The Labute approximate surface area is 477 Å². The number of aromatic nitrogens is 8. The van der Waals surface area contributed by atoms with Gasteiger partial charge in [0, 0.05) is 93.0 Å². The number of piperidine rings is 2. The van der Waals surface area contributed by atoms with Crippen LogP contribution in [-0.4, -0.2) is 120 Å². The third-order valence-electron chi connectivity index (χ3n) is 15.8. The van der Waals surface area contributed by atoms with Crippen molar-refractivity contribution in [3.63, 3.8) is 0 Å². The van der Waals surface area contributed by atoms with Gasteiger partial charge < -0.3 is 38.6 Å². The molecule has 0 atom stereocenters. The van der Waals surface area contributed by atoms with Crippen molar-refractivity contribution in [1.82, 2.24) is 49.7 Å². The van der Waals surface area contributed by atoms with Crippen molar-refractivity contribution in [2.45, 2.75) is 90.3 Å². The first-order valence-electron chi connectivity index (χ1n) is 28.3. The third-order valence-corrected chi connectivity index (χ3v) is 16.3. The highest BCUT2D eigenvalue weighted by atomic mass is 79.9. The summed E-state index contributed by atoms with van der Waals surface area (Å²) in [6.45, 7) is 17.1. The first-order valence-corrected chi connectivity index (χ1v) is 29.1. The van der Waals surface area contributed by atoms with Crippen LogP contribution in [0.2, 0.25) is 0 Å². The van der Waals surface area contributed by atoms with Crippen LogP contribution in [0.25, 0.3) is 77.5 Å². The lowest BCUT2D eigenvalue weighted by Crippen LogP contribution is -2.41.